The predicted octanol–water partition coefficient (Wildman–Crippen LogP) is 30.1. The number of benzene rings is 9. The number of para-hydroxylation sites is 2. The number of hydrogen-bond acceptors (Lipinski definition) is 15. The third-order valence-electron chi connectivity index (χ3n) is 37.3. The van der Waals surface area contributed by atoms with Crippen molar-refractivity contribution in [3.8, 4) is 47.9 Å². The number of piperidine rings is 3. The van der Waals surface area contributed by atoms with Crippen LogP contribution in [0.5, 0.6) is 11.5 Å². The van der Waals surface area contributed by atoms with Gasteiger partial charge in [-0.1, -0.05) is 296 Å². The fourth-order valence-corrected chi connectivity index (χ4v) is 25.4. The fourth-order valence-electron chi connectivity index (χ4n) is 25.4. The normalized spacial score (nSPS) is 23.4. The zero-order valence-electron chi connectivity index (χ0n) is 91.6. The van der Waals surface area contributed by atoms with Gasteiger partial charge in [-0.25, -0.2) is 8.78 Å². The number of anilines is 2. The Bertz CT molecular complexity index is 5350. The van der Waals surface area contributed by atoms with Gasteiger partial charge in [-0.15, -0.1) is 0 Å². The first-order valence-corrected chi connectivity index (χ1v) is 55.8. The number of nitriles is 6. The number of halogens is 2. The van der Waals surface area contributed by atoms with Crippen LogP contribution in [0.2, 0.25) is 0 Å². The topological polar surface area (TPSA) is 204 Å². The molecule has 786 valence electrons. The minimum Gasteiger partial charge on any atom is -0.457 e. The van der Waals surface area contributed by atoms with Crippen LogP contribution in [-0.2, 0) is 43.0 Å². The minimum absolute atomic E-state index is 0.144. The maximum absolute atomic E-state index is 15.0. The summed E-state index contributed by atoms with van der Waals surface area (Å²) in [5.41, 5.74) is 10.00. The van der Waals surface area contributed by atoms with Gasteiger partial charge in [-0.3, -0.25) is 29.4 Å². The van der Waals surface area contributed by atoms with Crippen molar-refractivity contribution in [2.24, 2.45) is 67.5 Å². The van der Waals surface area contributed by atoms with Gasteiger partial charge in [0, 0.05) is 127 Å². The molecule has 9 aromatic carbocycles. The quantitative estimate of drug-likeness (QED) is 0.0448. The van der Waals surface area contributed by atoms with Gasteiger partial charge in [0.25, 0.3) is 0 Å². The molecule has 0 spiro atoms. The highest BCUT2D eigenvalue weighted by Gasteiger charge is 2.53. The third kappa shape index (κ3) is 29.7. The maximum Gasteiger partial charge on any atom is 0.161 e. The molecule has 9 aromatic rings. The standard InChI is InChI=1S/C24H30N2O.C24H30N2.C23H29N3.2C20H27FN2.C20H28N2O/c1-23(2,3)24(13-16-25)14-17-26(18-15-24)19-20-9-11-22(12-10-20)27-21-7-5-4-6-8-21;1-20(2)24(12-15-25)13-16-26(17-14-24)19-23-10-8-22(9-11-23)18-21-6-4-3-5-7-21;1-19(2)23(12-15-24)13-16-26(17-14-23)18-20-8-10-22(11-9-20)25-21-6-4-3-5-7-21;2*1-16(2)19(12-13-22)10-8-18(9-11-19)23-14-20(21,15-23)17-6-4-3-5-7-17;1-16(2)19(12-13-21)10-8-18(9-11-19)22-14-20(23,15-22)17-6-4-3-5-7-17/h4-12H,13-15,17-19H2,1-3H3;3-11,20H,12-14,16-19H2,1-2H3;3-11,19,25H,12-14,16-18H2,1-2H3;2*3-7,16,18H,8-12,14-15H2,1-2H3;3-7,16,18,23H,8-12,14-15H2,1-2H3. The van der Waals surface area contributed by atoms with Gasteiger partial charge < -0.3 is 15.2 Å². The zero-order chi connectivity index (χ0) is 106. The highest BCUT2D eigenvalue weighted by molar-refractivity contribution is 5.59. The number of nitrogens with one attached hydrogen (secondary N) is 1. The summed E-state index contributed by atoms with van der Waals surface area (Å²) in [4.78, 5) is 14.6. The van der Waals surface area contributed by atoms with Gasteiger partial charge in [0.15, 0.2) is 11.3 Å². The van der Waals surface area contributed by atoms with Crippen molar-refractivity contribution in [2.75, 3.05) is 83.9 Å². The molecule has 0 amide bonds. The molecule has 6 heterocycles. The summed E-state index contributed by atoms with van der Waals surface area (Å²) in [6.07, 6.45) is 25.2. The Balaban J connectivity index is 0.000000148. The van der Waals surface area contributed by atoms with Gasteiger partial charge in [0.2, 0.25) is 0 Å². The monoisotopic (exact) mass is 2000 g/mol. The van der Waals surface area contributed by atoms with E-state index in [1.165, 1.54) is 27.8 Å². The first-order chi connectivity index (χ1) is 71.1. The first kappa shape index (κ1) is 114. The van der Waals surface area contributed by atoms with Crippen LogP contribution in [0, 0.1) is 135 Å². The van der Waals surface area contributed by atoms with Gasteiger partial charge in [-0.2, -0.15) is 31.6 Å². The average molecular weight is 2000 g/mol. The van der Waals surface area contributed by atoms with Crippen LogP contribution in [0.25, 0.3) is 0 Å². The Hall–Kier alpha value is -10.9. The molecule has 9 fully saturated rings. The summed E-state index contributed by atoms with van der Waals surface area (Å²) >= 11 is 0. The van der Waals surface area contributed by atoms with E-state index in [0.717, 1.165) is 234 Å². The molecule has 6 aliphatic heterocycles. The molecule has 0 bridgehead atoms. The number of hydrogen-bond donors (Lipinski definition) is 2. The van der Waals surface area contributed by atoms with Crippen LogP contribution in [0.1, 0.15) is 289 Å². The van der Waals surface area contributed by atoms with E-state index < -0.39 is 16.9 Å². The molecule has 0 aromatic heterocycles. The molecule has 148 heavy (non-hydrogen) atoms. The van der Waals surface area contributed by atoms with E-state index in [9.17, 15) is 29.7 Å². The van der Waals surface area contributed by atoms with Gasteiger partial charge in [0.1, 0.15) is 17.1 Å². The average Bonchev–Trinajstić information content (AvgIpc) is 0.755. The lowest BCUT2D eigenvalue weighted by molar-refractivity contribution is -0.131. The van der Waals surface area contributed by atoms with Gasteiger partial charge in [-0.05, 0) is 322 Å². The van der Waals surface area contributed by atoms with Crippen molar-refractivity contribution in [1.29, 1.82) is 31.6 Å². The number of β-amino-alcohol motifs (C(OH)–C–C–N with tert-alkyl or cyclic N) is 1. The number of rotatable bonds is 29. The smallest absolute Gasteiger partial charge is 0.161 e. The molecule has 15 nitrogen and oxygen atoms in total. The molecule has 0 atom stereocenters. The number of likely N-dealkylation sites (tertiary alicyclic amines) is 6. The number of aliphatic hydroxyl groups is 1. The Morgan fingerprint density at radius 3 is 0.892 bits per heavy atom. The molecule has 9 aliphatic rings. The highest BCUT2D eigenvalue weighted by Crippen LogP contribution is 2.55. The molecule has 0 radical (unpaired) electrons. The molecule has 3 aliphatic carbocycles. The number of ether oxygens (including phenoxy) is 1. The first-order valence-electron chi connectivity index (χ1n) is 55.8. The number of nitrogens with zero attached hydrogens (tertiary/aromatic N) is 12. The Morgan fingerprint density at radius 2 is 0.568 bits per heavy atom. The Kier molecular flexibility index (Phi) is 40.7. The van der Waals surface area contributed by atoms with Crippen molar-refractivity contribution in [3.05, 3.63) is 299 Å². The van der Waals surface area contributed by atoms with Crippen LogP contribution in [0.4, 0.5) is 20.2 Å². The van der Waals surface area contributed by atoms with E-state index in [2.05, 4.69) is 264 Å². The minimum atomic E-state index is -1.17. The second-order valence-electron chi connectivity index (χ2n) is 48.1. The summed E-state index contributed by atoms with van der Waals surface area (Å²) in [5.74, 6) is 4.55. The van der Waals surface area contributed by atoms with Crippen molar-refractivity contribution in [3.63, 3.8) is 0 Å². The summed E-state index contributed by atoms with van der Waals surface area (Å²) < 4.78 is 35.8. The van der Waals surface area contributed by atoms with Crippen LogP contribution in [0.15, 0.2) is 255 Å². The van der Waals surface area contributed by atoms with Crippen LogP contribution < -0.4 is 10.1 Å². The molecule has 6 saturated heterocycles. The number of alkyl halides is 2. The molecule has 3 saturated carbocycles. The summed E-state index contributed by atoms with van der Waals surface area (Å²) in [5, 5.41) is 69.4. The maximum atomic E-state index is 15.0. The molecule has 17 heteroatoms. The fraction of sp³-hybridized carbons (Fsp3) is 0.542. The molecule has 0 unspecified atom stereocenters. The van der Waals surface area contributed by atoms with Crippen molar-refractivity contribution >= 4 is 11.4 Å². The molecule has 2 N–H and O–H groups in total. The van der Waals surface area contributed by atoms with Crippen molar-refractivity contribution < 1.29 is 18.6 Å². The lowest BCUT2D eigenvalue weighted by atomic mass is 9.60. The van der Waals surface area contributed by atoms with E-state index >= 15 is 0 Å². The van der Waals surface area contributed by atoms with E-state index in [1.54, 1.807) is 0 Å². The van der Waals surface area contributed by atoms with Crippen molar-refractivity contribution in [1.82, 2.24) is 29.4 Å². The van der Waals surface area contributed by atoms with Crippen LogP contribution in [-0.4, -0.2) is 131 Å². The van der Waals surface area contributed by atoms with Crippen LogP contribution in [0.3, 0.4) is 0 Å². The van der Waals surface area contributed by atoms with E-state index in [4.69, 9.17) is 20.5 Å². The summed E-state index contributed by atoms with van der Waals surface area (Å²) in [6.45, 7) is 42.5. The zero-order valence-corrected chi connectivity index (χ0v) is 91.6. The molecule has 18 rings (SSSR count). The molecular formula is C131H171F2N13O2. The van der Waals surface area contributed by atoms with E-state index in [1.807, 2.05) is 152 Å². The van der Waals surface area contributed by atoms with E-state index in [0.29, 0.717) is 112 Å². The van der Waals surface area contributed by atoms with Gasteiger partial charge in [0.05, 0.1) is 36.4 Å². The second-order valence-corrected chi connectivity index (χ2v) is 48.1. The van der Waals surface area contributed by atoms with E-state index in [-0.39, 0.29) is 37.9 Å². The van der Waals surface area contributed by atoms with Gasteiger partial charge >= 0.3 is 0 Å². The summed E-state index contributed by atoms with van der Waals surface area (Å²) in [6, 6.07) is 102. The predicted molar refractivity (Wildman–Crippen MR) is 598 cm³/mol. The molecular weight excluding hydrogens is 1830 g/mol. The highest BCUT2D eigenvalue weighted by atomic mass is 19.1. The Morgan fingerprint density at radius 1 is 0.311 bits per heavy atom. The second kappa shape index (κ2) is 52.7. The lowest BCUT2D eigenvalue weighted by Gasteiger charge is -2.53. The van der Waals surface area contributed by atoms with Crippen LogP contribution >= 0.6 is 0 Å². The van der Waals surface area contributed by atoms with Crippen molar-refractivity contribution in [2.45, 2.75) is 305 Å². The summed E-state index contributed by atoms with van der Waals surface area (Å²) in [7, 11) is 0. The lowest BCUT2D eigenvalue weighted by Crippen LogP contribution is -2.63. The Labute approximate surface area is 889 Å². The largest absolute Gasteiger partial charge is 0.457 e. The third-order valence-corrected chi connectivity index (χ3v) is 37.3. The SMILES string of the molecule is CC(C)(C)C1(CC#N)CCN(Cc2ccc(Oc3ccccc3)cc2)CC1.CC(C)C1(CC#N)CCC(N2CC(F)(c3ccccc3)C2)CC1.CC(C)C1(CC#N)CCC(N2CC(F)(c3ccccc3)C2)CC1.CC(C)C1(CC#N)CCC(N2CC(O)(c3ccccc3)C2)CC1.CC(C)C1(CC#N)CCN(Cc2ccc(Cc3ccccc3)cc2)CC1.CC(C)C1(CC#N)CCN(Cc2ccc(Nc3ccccc3)cc2)CC1.